The van der Waals surface area contributed by atoms with Gasteiger partial charge in [-0.3, -0.25) is 9.78 Å². The summed E-state index contributed by atoms with van der Waals surface area (Å²) in [5, 5.41) is 12.4. The molecule has 1 saturated carbocycles. The monoisotopic (exact) mass is 391 g/mol. The van der Waals surface area contributed by atoms with Crippen molar-refractivity contribution in [1.82, 2.24) is 19.9 Å². The van der Waals surface area contributed by atoms with Crippen LogP contribution in [0.2, 0.25) is 0 Å². The van der Waals surface area contributed by atoms with Crippen molar-refractivity contribution in [2.45, 2.75) is 49.1 Å². The molecule has 8 nitrogen and oxygen atoms in total. The molecule has 0 radical (unpaired) electrons. The second-order valence-electron chi connectivity index (χ2n) is 7.17. The number of sulfonamides is 1. The van der Waals surface area contributed by atoms with Gasteiger partial charge in [0.1, 0.15) is 10.9 Å². The molecule has 1 saturated heterocycles. The van der Waals surface area contributed by atoms with E-state index in [9.17, 15) is 13.2 Å². The third-order valence-electron chi connectivity index (χ3n) is 5.31. The first-order valence-electron chi connectivity index (χ1n) is 9.32. The molecule has 1 aromatic heterocycles. The van der Waals surface area contributed by atoms with Crippen molar-refractivity contribution in [2.75, 3.05) is 19.6 Å². The van der Waals surface area contributed by atoms with Crippen molar-refractivity contribution >= 4 is 15.9 Å². The predicted octanol–water partition coefficient (Wildman–Crippen LogP) is 0.633. The summed E-state index contributed by atoms with van der Waals surface area (Å²) in [6, 6.07) is 5.20. The van der Waals surface area contributed by atoms with Crippen LogP contribution in [0.25, 0.3) is 0 Å². The van der Waals surface area contributed by atoms with E-state index in [2.05, 4.69) is 21.1 Å². The van der Waals surface area contributed by atoms with E-state index >= 15 is 0 Å². The van der Waals surface area contributed by atoms with Crippen molar-refractivity contribution in [3.63, 3.8) is 0 Å². The molecule has 2 heterocycles. The zero-order valence-electron chi connectivity index (χ0n) is 15.2. The number of nitrogens with one attached hydrogen (secondary N) is 2. The van der Waals surface area contributed by atoms with Gasteiger partial charge in [-0.05, 0) is 50.2 Å². The molecule has 0 aromatic carbocycles. The van der Waals surface area contributed by atoms with Gasteiger partial charge >= 0.3 is 0 Å². The van der Waals surface area contributed by atoms with Gasteiger partial charge in [0.25, 0.3) is 0 Å². The number of carbonyl (C=O) groups excluding carboxylic acids is 1. The number of nitrogens with zero attached hydrogens (tertiary/aromatic N) is 3. The SMILES string of the molecule is N#C[C@@H]1CCCN1C(=O)CN[C@H]1CC[C@@H](CNS(=O)(=O)c2cccnc2)C1. The van der Waals surface area contributed by atoms with Crippen molar-refractivity contribution in [3.8, 4) is 6.07 Å². The molecule has 9 heteroatoms. The Bertz CT molecular complexity index is 793. The van der Waals surface area contributed by atoms with Crippen LogP contribution in [0, 0.1) is 17.2 Å². The van der Waals surface area contributed by atoms with Crippen LogP contribution in [0.3, 0.4) is 0 Å². The molecule has 146 valence electrons. The minimum Gasteiger partial charge on any atom is -0.326 e. The van der Waals surface area contributed by atoms with E-state index in [0.29, 0.717) is 13.1 Å². The summed E-state index contributed by atoms with van der Waals surface area (Å²) in [5.74, 6) is 0.211. The number of hydrogen-bond acceptors (Lipinski definition) is 6. The van der Waals surface area contributed by atoms with Crippen LogP contribution in [-0.2, 0) is 14.8 Å². The number of pyridine rings is 1. The average molecular weight is 391 g/mol. The molecule has 2 aliphatic rings. The number of nitriles is 1. The zero-order chi connectivity index (χ0) is 19.3. The van der Waals surface area contributed by atoms with Crippen molar-refractivity contribution in [1.29, 1.82) is 5.26 Å². The van der Waals surface area contributed by atoms with E-state index in [1.807, 2.05) is 0 Å². The summed E-state index contributed by atoms with van der Waals surface area (Å²) in [6.07, 6.45) is 7.15. The lowest BCUT2D eigenvalue weighted by Crippen LogP contribution is -2.43. The fraction of sp³-hybridized carbons (Fsp3) is 0.611. The van der Waals surface area contributed by atoms with Crippen LogP contribution in [0.15, 0.2) is 29.4 Å². The second kappa shape index (κ2) is 8.78. The van der Waals surface area contributed by atoms with Gasteiger partial charge in [-0.1, -0.05) is 0 Å². The van der Waals surface area contributed by atoms with Crippen LogP contribution in [0.5, 0.6) is 0 Å². The minimum atomic E-state index is -3.54. The first-order valence-corrected chi connectivity index (χ1v) is 10.8. The summed E-state index contributed by atoms with van der Waals surface area (Å²) < 4.78 is 27.2. The lowest BCUT2D eigenvalue weighted by molar-refractivity contribution is -0.130. The van der Waals surface area contributed by atoms with Crippen molar-refractivity contribution in [3.05, 3.63) is 24.5 Å². The molecular formula is C18H25N5O3S. The van der Waals surface area contributed by atoms with Gasteiger partial charge in [-0.25, -0.2) is 13.1 Å². The number of amides is 1. The quantitative estimate of drug-likeness (QED) is 0.705. The molecule has 2 fully saturated rings. The van der Waals surface area contributed by atoms with Gasteiger partial charge in [0.2, 0.25) is 15.9 Å². The first-order chi connectivity index (χ1) is 13.0. The topological polar surface area (TPSA) is 115 Å². The molecule has 1 aromatic rings. The van der Waals surface area contributed by atoms with E-state index in [4.69, 9.17) is 5.26 Å². The molecule has 2 N–H and O–H groups in total. The minimum absolute atomic E-state index is 0.0280. The lowest BCUT2D eigenvalue weighted by Gasteiger charge is -2.21. The lowest BCUT2D eigenvalue weighted by atomic mass is 10.1. The van der Waals surface area contributed by atoms with Crippen LogP contribution in [-0.4, -0.2) is 55.9 Å². The van der Waals surface area contributed by atoms with E-state index < -0.39 is 10.0 Å². The molecule has 0 unspecified atom stereocenters. The summed E-state index contributed by atoms with van der Waals surface area (Å²) >= 11 is 0. The number of aromatic nitrogens is 1. The Kier molecular flexibility index (Phi) is 6.42. The zero-order valence-corrected chi connectivity index (χ0v) is 16.0. The highest BCUT2D eigenvalue weighted by Crippen LogP contribution is 2.25. The molecule has 0 spiro atoms. The summed E-state index contributed by atoms with van der Waals surface area (Å²) in [6.45, 7) is 1.27. The summed E-state index contributed by atoms with van der Waals surface area (Å²) in [4.78, 5) is 17.9. The van der Waals surface area contributed by atoms with Crippen molar-refractivity contribution < 1.29 is 13.2 Å². The Balaban J connectivity index is 1.41. The number of carbonyl (C=O) groups is 1. The summed E-state index contributed by atoms with van der Waals surface area (Å²) in [5.41, 5.74) is 0. The Morgan fingerprint density at radius 2 is 2.22 bits per heavy atom. The van der Waals surface area contributed by atoms with E-state index in [1.54, 1.807) is 11.0 Å². The van der Waals surface area contributed by atoms with E-state index in [-0.39, 0.29) is 35.3 Å². The Labute approximate surface area is 160 Å². The molecule has 27 heavy (non-hydrogen) atoms. The largest absolute Gasteiger partial charge is 0.326 e. The van der Waals surface area contributed by atoms with Gasteiger partial charge in [0, 0.05) is 31.5 Å². The standard InChI is InChI=1S/C18H25N5O3S/c19-10-16-3-2-8-23(16)18(24)13-21-15-6-5-14(9-15)11-22-27(25,26)17-4-1-7-20-12-17/h1,4,7,12,14-16,21-22H,2-3,5-6,8-9,11,13H2/t14-,15+,16+/m1/s1. The molecule has 1 aliphatic heterocycles. The highest BCUT2D eigenvalue weighted by molar-refractivity contribution is 7.89. The molecule has 1 amide bonds. The first kappa shape index (κ1) is 19.7. The Morgan fingerprint density at radius 3 is 2.96 bits per heavy atom. The smallest absolute Gasteiger partial charge is 0.242 e. The highest BCUT2D eigenvalue weighted by atomic mass is 32.2. The number of likely N-dealkylation sites (tertiary alicyclic amines) is 1. The van der Waals surface area contributed by atoms with Crippen LogP contribution in [0.1, 0.15) is 32.1 Å². The maximum absolute atomic E-state index is 12.3. The maximum atomic E-state index is 12.3. The van der Waals surface area contributed by atoms with Gasteiger partial charge < -0.3 is 10.2 Å². The predicted molar refractivity (Wildman–Crippen MR) is 98.9 cm³/mol. The average Bonchev–Trinajstić information content (AvgIpc) is 3.34. The highest BCUT2D eigenvalue weighted by Gasteiger charge is 2.30. The normalized spacial score (nSPS) is 25.4. The van der Waals surface area contributed by atoms with Crippen LogP contribution < -0.4 is 10.0 Å². The molecule has 1 aliphatic carbocycles. The van der Waals surface area contributed by atoms with E-state index in [1.165, 1.54) is 18.5 Å². The number of hydrogen-bond donors (Lipinski definition) is 2. The van der Waals surface area contributed by atoms with Crippen molar-refractivity contribution in [2.24, 2.45) is 5.92 Å². The molecular weight excluding hydrogens is 366 g/mol. The summed E-state index contributed by atoms with van der Waals surface area (Å²) in [7, 11) is -3.54. The number of rotatable bonds is 7. The molecule has 3 rings (SSSR count). The van der Waals surface area contributed by atoms with Crippen LogP contribution >= 0.6 is 0 Å². The fourth-order valence-corrected chi connectivity index (χ4v) is 4.87. The molecule has 0 bridgehead atoms. The van der Waals surface area contributed by atoms with E-state index in [0.717, 1.165) is 32.1 Å². The van der Waals surface area contributed by atoms with Gasteiger partial charge in [-0.2, -0.15) is 5.26 Å². The third-order valence-corrected chi connectivity index (χ3v) is 6.72. The van der Waals surface area contributed by atoms with Gasteiger partial charge in [0.05, 0.1) is 12.6 Å². The van der Waals surface area contributed by atoms with Crippen LogP contribution in [0.4, 0.5) is 0 Å². The Hall–Kier alpha value is -2.02. The Morgan fingerprint density at radius 1 is 1.37 bits per heavy atom. The second-order valence-corrected chi connectivity index (χ2v) is 8.94. The van der Waals surface area contributed by atoms with Gasteiger partial charge in [0.15, 0.2) is 0 Å². The van der Waals surface area contributed by atoms with Gasteiger partial charge in [-0.15, -0.1) is 0 Å². The maximum Gasteiger partial charge on any atom is 0.242 e. The molecule has 3 atom stereocenters. The third kappa shape index (κ3) is 5.03. The fourth-order valence-electron chi connectivity index (χ4n) is 3.80.